The van der Waals surface area contributed by atoms with Gasteiger partial charge in [0.05, 0.1) is 0 Å². The molecule has 4 aromatic rings. The summed E-state index contributed by atoms with van der Waals surface area (Å²) in [6.07, 6.45) is 8.41. The number of likely N-dealkylation sites (tertiary alicyclic amines) is 1. The first-order valence-electron chi connectivity index (χ1n) is 13.8. The maximum atomic E-state index is 13.7. The van der Waals surface area contributed by atoms with E-state index in [2.05, 4.69) is 56.0 Å². The summed E-state index contributed by atoms with van der Waals surface area (Å²) in [5.41, 5.74) is 4.44. The van der Waals surface area contributed by atoms with Crippen molar-refractivity contribution >= 4 is 5.91 Å². The monoisotopic (exact) mass is 523 g/mol. The lowest BCUT2D eigenvalue weighted by Gasteiger charge is -2.38. The molecule has 0 saturated carbocycles. The third-order valence-electron chi connectivity index (χ3n) is 7.40. The van der Waals surface area contributed by atoms with Gasteiger partial charge in [0.2, 0.25) is 0 Å². The largest absolute Gasteiger partial charge is 0.330 e. The Kier molecular flexibility index (Phi) is 8.42. The summed E-state index contributed by atoms with van der Waals surface area (Å²) in [6.45, 7) is 10.2. The lowest BCUT2D eigenvalue weighted by atomic mass is 10.00. The highest BCUT2D eigenvalue weighted by Crippen LogP contribution is 2.24. The molecule has 0 atom stereocenters. The fraction of sp³-hybridized carbons (Fsp3) is 0.387. The van der Waals surface area contributed by atoms with Crippen molar-refractivity contribution in [2.24, 2.45) is 5.92 Å². The van der Waals surface area contributed by atoms with Crippen LogP contribution in [0.1, 0.15) is 54.7 Å². The standard InChI is InChI=1S/C31H37N7O/c1-22(2)12-16-37-17-13-27(14-18-37)38(31(39)28-11-6-23(3)19-33-28)21-24-7-9-25(10-8-24)29-34-30(36-35-29)26-5-4-15-32-20-26/h4-11,15,19-20,22,27H,12-14,16-18,21H2,1-3H3,(H,34,35,36). The Morgan fingerprint density at radius 2 is 1.85 bits per heavy atom. The number of benzene rings is 1. The van der Waals surface area contributed by atoms with Crippen molar-refractivity contribution < 1.29 is 4.79 Å². The molecule has 1 saturated heterocycles. The van der Waals surface area contributed by atoms with E-state index in [0.717, 1.165) is 54.7 Å². The van der Waals surface area contributed by atoms with Crippen LogP contribution in [0.3, 0.4) is 0 Å². The first kappa shape index (κ1) is 26.7. The molecular weight excluding hydrogens is 486 g/mol. The second-order valence-electron chi connectivity index (χ2n) is 10.9. The summed E-state index contributed by atoms with van der Waals surface area (Å²) in [5, 5.41) is 7.38. The molecule has 3 aromatic heterocycles. The van der Waals surface area contributed by atoms with E-state index in [0.29, 0.717) is 29.8 Å². The molecule has 5 rings (SSSR count). The van der Waals surface area contributed by atoms with Crippen LogP contribution in [0, 0.1) is 12.8 Å². The maximum Gasteiger partial charge on any atom is 0.272 e. The highest BCUT2D eigenvalue weighted by atomic mass is 16.2. The van der Waals surface area contributed by atoms with E-state index in [-0.39, 0.29) is 11.9 Å². The summed E-state index contributed by atoms with van der Waals surface area (Å²) in [4.78, 5) is 31.5. The molecule has 1 fully saturated rings. The number of carbonyl (C=O) groups is 1. The van der Waals surface area contributed by atoms with Gasteiger partial charge in [-0.2, -0.15) is 5.10 Å². The molecule has 1 N–H and O–H groups in total. The van der Waals surface area contributed by atoms with Crippen molar-refractivity contribution in [1.82, 2.24) is 34.9 Å². The van der Waals surface area contributed by atoms with Gasteiger partial charge in [-0.25, -0.2) is 4.98 Å². The van der Waals surface area contributed by atoms with Gasteiger partial charge >= 0.3 is 0 Å². The smallest absolute Gasteiger partial charge is 0.272 e. The van der Waals surface area contributed by atoms with E-state index >= 15 is 0 Å². The summed E-state index contributed by atoms with van der Waals surface area (Å²) >= 11 is 0. The molecule has 0 bridgehead atoms. The van der Waals surface area contributed by atoms with Gasteiger partial charge in [0.1, 0.15) is 5.69 Å². The Hall–Kier alpha value is -3.91. The van der Waals surface area contributed by atoms with Crippen molar-refractivity contribution in [3.05, 3.63) is 83.9 Å². The number of hydrogen-bond acceptors (Lipinski definition) is 6. The predicted octanol–water partition coefficient (Wildman–Crippen LogP) is 5.39. The Balaban J connectivity index is 1.31. The first-order valence-corrected chi connectivity index (χ1v) is 13.8. The molecule has 1 amide bonds. The third kappa shape index (κ3) is 6.75. The number of piperidine rings is 1. The van der Waals surface area contributed by atoms with E-state index in [1.165, 1.54) is 6.42 Å². The normalized spacial score (nSPS) is 14.6. The number of carbonyl (C=O) groups excluding carboxylic acids is 1. The van der Waals surface area contributed by atoms with Crippen LogP contribution in [0.15, 0.2) is 67.1 Å². The molecule has 8 heteroatoms. The van der Waals surface area contributed by atoms with Gasteiger partial charge < -0.3 is 9.80 Å². The fourth-order valence-electron chi connectivity index (χ4n) is 4.98. The van der Waals surface area contributed by atoms with Crippen LogP contribution in [-0.2, 0) is 6.54 Å². The van der Waals surface area contributed by atoms with Gasteiger partial charge in [0, 0.05) is 55.4 Å². The number of aromatic amines is 1. The lowest BCUT2D eigenvalue weighted by molar-refractivity contribution is 0.0540. The number of aryl methyl sites for hydroxylation is 1. The number of rotatable bonds is 9. The molecule has 0 aliphatic carbocycles. The Labute approximate surface area is 230 Å². The van der Waals surface area contributed by atoms with Crippen molar-refractivity contribution in [2.75, 3.05) is 19.6 Å². The van der Waals surface area contributed by atoms with E-state index in [1.54, 1.807) is 18.6 Å². The highest BCUT2D eigenvalue weighted by Gasteiger charge is 2.29. The number of aromatic nitrogens is 5. The van der Waals surface area contributed by atoms with Gasteiger partial charge in [-0.15, -0.1) is 0 Å². The summed E-state index contributed by atoms with van der Waals surface area (Å²) in [7, 11) is 0. The third-order valence-corrected chi connectivity index (χ3v) is 7.40. The van der Waals surface area contributed by atoms with Crippen LogP contribution in [0.4, 0.5) is 0 Å². The number of nitrogens with one attached hydrogen (secondary N) is 1. The van der Waals surface area contributed by atoms with Gasteiger partial charge in [-0.1, -0.05) is 44.2 Å². The first-order chi connectivity index (χ1) is 19.0. The Morgan fingerprint density at radius 3 is 2.51 bits per heavy atom. The quantitative estimate of drug-likeness (QED) is 0.316. The average Bonchev–Trinajstić information content (AvgIpc) is 3.47. The molecule has 8 nitrogen and oxygen atoms in total. The van der Waals surface area contributed by atoms with Crippen LogP contribution in [0.25, 0.3) is 22.8 Å². The number of H-pyrrole nitrogens is 1. The molecule has 0 radical (unpaired) electrons. The summed E-state index contributed by atoms with van der Waals surface area (Å²) in [5.74, 6) is 2.02. The topological polar surface area (TPSA) is 90.9 Å². The Morgan fingerprint density at radius 1 is 1.05 bits per heavy atom. The van der Waals surface area contributed by atoms with Crippen molar-refractivity contribution in [2.45, 2.75) is 52.6 Å². The van der Waals surface area contributed by atoms with Crippen molar-refractivity contribution in [3.8, 4) is 22.8 Å². The van der Waals surface area contributed by atoms with Gasteiger partial charge in [0.15, 0.2) is 11.6 Å². The minimum atomic E-state index is -0.00365. The minimum absolute atomic E-state index is 0.00365. The van der Waals surface area contributed by atoms with Crippen molar-refractivity contribution in [3.63, 3.8) is 0 Å². The zero-order valence-corrected chi connectivity index (χ0v) is 23.0. The molecular formula is C31H37N7O. The highest BCUT2D eigenvalue weighted by molar-refractivity contribution is 5.92. The second-order valence-corrected chi connectivity index (χ2v) is 10.9. The van der Waals surface area contributed by atoms with Crippen LogP contribution in [-0.4, -0.2) is 66.5 Å². The average molecular weight is 524 g/mol. The zero-order chi connectivity index (χ0) is 27.2. The molecule has 1 aliphatic heterocycles. The van der Waals surface area contributed by atoms with Crippen LogP contribution >= 0.6 is 0 Å². The molecule has 1 aliphatic rings. The van der Waals surface area contributed by atoms with E-state index in [4.69, 9.17) is 0 Å². The van der Waals surface area contributed by atoms with E-state index < -0.39 is 0 Å². The minimum Gasteiger partial charge on any atom is -0.330 e. The Bertz CT molecular complexity index is 1340. The van der Waals surface area contributed by atoms with Crippen LogP contribution in [0.5, 0.6) is 0 Å². The number of hydrogen-bond donors (Lipinski definition) is 1. The van der Waals surface area contributed by atoms with Crippen LogP contribution < -0.4 is 0 Å². The van der Waals surface area contributed by atoms with Crippen molar-refractivity contribution in [1.29, 1.82) is 0 Å². The summed E-state index contributed by atoms with van der Waals surface area (Å²) < 4.78 is 0. The molecule has 0 unspecified atom stereocenters. The van der Waals surface area contributed by atoms with Gasteiger partial charge in [-0.3, -0.25) is 19.9 Å². The number of amides is 1. The van der Waals surface area contributed by atoms with Crippen LogP contribution in [0.2, 0.25) is 0 Å². The van der Waals surface area contributed by atoms with E-state index in [9.17, 15) is 4.79 Å². The van der Waals surface area contributed by atoms with Gasteiger partial charge in [0.25, 0.3) is 5.91 Å². The molecule has 39 heavy (non-hydrogen) atoms. The molecule has 202 valence electrons. The molecule has 0 spiro atoms. The number of pyridine rings is 2. The lowest BCUT2D eigenvalue weighted by Crippen LogP contribution is -2.47. The fourth-order valence-corrected chi connectivity index (χ4v) is 4.98. The maximum absolute atomic E-state index is 13.7. The molecule has 1 aromatic carbocycles. The number of nitrogens with zero attached hydrogens (tertiary/aromatic N) is 6. The predicted molar refractivity (Wildman–Crippen MR) is 153 cm³/mol. The summed E-state index contributed by atoms with van der Waals surface area (Å²) in [6, 6.07) is 16.0. The van der Waals surface area contributed by atoms with Gasteiger partial charge in [-0.05, 0) is 68.0 Å². The van der Waals surface area contributed by atoms with E-state index in [1.807, 2.05) is 48.2 Å². The second kappa shape index (κ2) is 12.3. The SMILES string of the molecule is Cc1ccc(C(=O)N(Cc2ccc(-c3nc(-c4cccnc4)n[nH]3)cc2)C2CCN(CCC(C)C)CC2)nc1. The zero-order valence-electron chi connectivity index (χ0n) is 23.0. The molecule has 4 heterocycles.